The molecule has 1 aliphatic rings. The first-order chi connectivity index (χ1) is 6.49. The number of amides is 3. The van der Waals surface area contributed by atoms with E-state index < -0.39 is 12.1 Å². The van der Waals surface area contributed by atoms with Gasteiger partial charge in [-0.2, -0.15) is 0 Å². The van der Waals surface area contributed by atoms with Crippen LogP contribution in [0, 0.1) is 0 Å². The Balaban J connectivity index is 2.24. The molecule has 5 N–H and O–H groups in total. The van der Waals surface area contributed by atoms with Crippen molar-refractivity contribution in [2.24, 2.45) is 5.73 Å². The summed E-state index contributed by atoms with van der Waals surface area (Å²) in [6.45, 7) is 1.55. The molecule has 1 atom stereocenters. The third-order valence-corrected chi connectivity index (χ3v) is 2.21. The normalized spacial score (nSPS) is 27.3. The molecule has 1 saturated carbocycles. The summed E-state index contributed by atoms with van der Waals surface area (Å²) >= 11 is 0. The fraction of sp³-hybridized carbons (Fsp3) is 0.750. The van der Waals surface area contributed by atoms with Crippen LogP contribution in [0.25, 0.3) is 0 Å². The number of carbonyl (C=O) groups excluding carboxylic acids is 2. The van der Waals surface area contributed by atoms with Crippen molar-refractivity contribution in [3.8, 4) is 0 Å². The lowest BCUT2D eigenvalue weighted by Crippen LogP contribution is -2.53. The van der Waals surface area contributed by atoms with Crippen molar-refractivity contribution >= 4 is 11.9 Å². The van der Waals surface area contributed by atoms with E-state index in [4.69, 9.17) is 10.8 Å². The maximum absolute atomic E-state index is 11.3. The van der Waals surface area contributed by atoms with Crippen molar-refractivity contribution in [2.45, 2.75) is 38.0 Å². The number of rotatable bonds is 3. The van der Waals surface area contributed by atoms with Gasteiger partial charge in [0.2, 0.25) is 5.91 Å². The number of hydrogen-bond acceptors (Lipinski definition) is 3. The second kappa shape index (κ2) is 4.28. The molecule has 0 spiro atoms. The zero-order chi connectivity index (χ0) is 10.7. The summed E-state index contributed by atoms with van der Waals surface area (Å²) in [5, 5.41) is 13.9. The summed E-state index contributed by atoms with van der Waals surface area (Å²) in [6, 6.07) is -1.33. The van der Waals surface area contributed by atoms with Gasteiger partial charge in [0.25, 0.3) is 0 Å². The Kier molecular flexibility index (Phi) is 3.29. The average Bonchev–Trinajstić information content (AvgIpc) is 2.00. The number of nitrogens with two attached hydrogens (primary N) is 1. The summed E-state index contributed by atoms with van der Waals surface area (Å²) in [4.78, 5) is 21.8. The van der Waals surface area contributed by atoms with Crippen molar-refractivity contribution in [1.29, 1.82) is 0 Å². The van der Waals surface area contributed by atoms with Crippen LogP contribution in [-0.4, -0.2) is 35.2 Å². The monoisotopic (exact) mass is 201 g/mol. The Morgan fingerprint density at radius 3 is 2.50 bits per heavy atom. The lowest BCUT2D eigenvalue weighted by molar-refractivity contribution is -0.124. The van der Waals surface area contributed by atoms with Crippen LogP contribution in [0.4, 0.5) is 4.79 Å². The summed E-state index contributed by atoms with van der Waals surface area (Å²) in [5.41, 5.74) is 4.86. The molecule has 14 heavy (non-hydrogen) atoms. The van der Waals surface area contributed by atoms with Crippen LogP contribution in [0.3, 0.4) is 0 Å². The smallest absolute Gasteiger partial charge is 0.312 e. The first-order valence-corrected chi connectivity index (χ1v) is 4.53. The molecule has 0 aliphatic heterocycles. The van der Waals surface area contributed by atoms with Crippen molar-refractivity contribution in [3.63, 3.8) is 0 Å². The Morgan fingerprint density at radius 1 is 1.50 bits per heavy atom. The van der Waals surface area contributed by atoms with E-state index in [1.807, 2.05) is 0 Å². The second-order valence-corrected chi connectivity index (χ2v) is 3.56. The van der Waals surface area contributed by atoms with Crippen LogP contribution in [0.5, 0.6) is 0 Å². The molecular formula is C8H15N3O3. The van der Waals surface area contributed by atoms with Crippen LogP contribution >= 0.6 is 0 Å². The van der Waals surface area contributed by atoms with Gasteiger partial charge in [0, 0.05) is 6.04 Å². The molecule has 1 fully saturated rings. The fourth-order valence-corrected chi connectivity index (χ4v) is 1.31. The third kappa shape index (κ3) is 2.88. The summed E-state index contributed by atoms with van der Waals surface area (Å²) in [5.74, 6) is -0.277. The van der Waals surface area contributed by atoms with Crippen molar-refractivity contribution in [1.82, 2.24) is 10.6 Å². The Bertz CT molecular complexity index is 238. The predicted molar refractivity (Wildman–Crippen MR) is 49.4 cm³/mol. The molecule has 1 aliphatic carbocycles. The highest BCUT2D eigenvalue weighted by Gasteiger charge is 2.29. The minimum Gasteiger partial charge on any atom is -0.393 e. The zero-order valence-electron chi connectivity index (χ0n) is 7.99. The van der Waals surface area contributed by atoms with Crippen LogP contribution in [0.15, 0.2) is 0 Å². The molecule has 0 radical (unpaired) electrons. The molecule has 0 saturated heterocycles. The van der Waals surface area contributed by atoms with E-state index in [9.17, 15) is 9.59 Å². The maximum Gasteiger partial charge on any atom is 0.312 e. The quantitative estimate of drug-likeness (QED) is 0.455. The average molecular weight is 201 g/mol. The molecule has 0 aromatic rings. The number of hydrogen-bond donors (Lipinski definition) is 4. The molecular weight excluding hydrogens is 186 g/mol. The molecule has 0 aromatic heterocycles. The van der Waals surface area contributed by atoms with E-state index in [1.54, 1.807) is 6.92 Å². The molecule has 1 rings (SSSR count). The number of carbonyl (C=O) groups is 2. The van der Waals surface area contributed by atoms with E-state index in [-0.39, 0.29) is 18.1 Å². The number of aliphatic hydroxyl groups is 1. The number of primary amides is 1. The van der Waals surface area contributed by atoms with Crippen LogP contribution in [-0.2, 0) is 4.79 Å². The highest BCUT2D eigenvalue weighted by Crippen LogP contribution is 2.19. The van der Waals surface area contributed by atoms with E-state index in [0.717, 1.165) is 0 Å². The van der Waals surface area contributed by atoms with Gasteiger partial charge in [0.05, 0.1) is 6.10 Å². The van der Waals surface area contributed by atoms with Crippen molar-refractivity contribution in [3.05, 3.63) is 0 Å². The Hall–Kier alpha value is -1.30. The summed E-state index contributed by atoms with van der Waals surface area (Å²) in [7, 11) is 0. The minimum absolute atomic E-state index is 0.0228. The van der Waals surface area contributed by atoms with Crippen LogP contribution in [0.2, 0.25) is 0 Å². The van der Waals surface area contributed by atoms with Crippen LogP contribution < -0.4 is 16.4 Å². The van der Waals surface area contributed by atoms with Gasteiger partial charge in [-0.25, -0.2) is 4.79 Å². The molecule has 0 bridgehead atoms. The SMILES string of the molecule is CC(NC(N)=O)C(=O)NC1CC(O)C1. The Labute approximate surface area is 81.8 Å². The van der Waals surface area contributed by atoms with E-state index in [1.165, 1.54) is 0 Å². The van der Waals surface area contributed by atoms with E-state index >= 15 is 0 Å². The molecule has 80 valence electrons. The first kappa shape index (κ1) is 10.8. The van der Waals surface area contributed by atoms with E-state index in [2.05, 4.69) is 10.6 Å². The molecule has 3 amide bonds. The molecule has 6 heteroatoms. The van der Waals surface area contributed by atoms with Gasteiger partial charge in [0.1, 0.15) is 6.04 Å². The predicted octanol–water partition coefficient (Wildman–Crippen LogP) is -1.32. The van der Waals surface area contributed by atoms with Gasteiger partial charge in [-0.1, -0.05) is 0 Å². The van der Waals surface area contributed by atoms with Crippen molar-refractivity contribution < 1.29 is 14.7 Å². The standard InChI is InChI=1S/C8H15N3O3/c1-4(10-8(9)14)7(13)11-5-2-6(12)3-5/h4-6,12H,2-3H2,1H3,(H,11,13)(H3,9,10,14). The fourth-order valence-electron chi connectivity index (χ4n) is 1.31. The number of aliphatic hydroxyl groups excluding tert-OH is 1. The highest BCUT2D eigenvalue weighted by atomic mass is 16.3. The molecule has 6 nitrogen and oxygen atoms in total. The highest BCUT2D eigenvalue weighted by molar-refractivity contribution is 5.86. The largest absolute Gasteiger partial charge is 0.393 e. The number of urea groups is 1. The summed E-state index contributed by atoms with van der Waals surface area (Å²) in [6.07, 6.45) is 0.851. The maximum atomic E-state index is 11.3. The van der Waals surface area contributed by atoms with Crippen LogP contribution in [0.1, 0.15) is 19.8 Å². The Morgan fingerprint density at radius 2 is 2.07 bits per heavy atom. The topological polar surface area (TPSA) is 104 Å². The van der Waals surface area contributed by atoms with Gasteiger partial charge < -0.3 is 21.5 Å². The lowest BCUT2D eigenvalue weighted by Gasteiger charge is -2.32. The summed E-state index contributed by atoms with van der Waals surface area (Å²) < 4.78 is 0. The lowest BCUT2D eigenvalue weighted by atomic mass is 9.89. The van der Waals surface area contributed by atoms with Gasteiger partial charge in [-0.05, 0) is 19.8 Å². The van der Waals surface area contributed by atoms with E-state index in [0.29, 0.717) is 12.8 Å². The molecule has 0 aromatic carbocycles. The van der Waals surface area contributed by atoms with Gasteiger partial charge in [-0.3, -0.25) is 4.79 Å². The van der Waals surface area contributed by atoms with Gasteiger partial charge in [0.15, 0.2) is 0 Å². The van der Waals surface area contributed by atoms with Gasteiger partial charge in [-0.15, -0.1) is 0 Å². The number of nitrogens with one attached hydrogen (secondary N) is 2. The van der Waals surface area contributed by atoms with Crippen molar-refractivity contribution in [2.75, 3.05) is 0 Å². The zero-order valence-corrected chi connectivity index (χ0v) is 7.99. The van der Waals surface area contributed by atoms with Gasteiger partial charge >= 0.3 is 6.03 Å². The minimum atomic E-state index is -0.721. The molecule has 0 heterocycles. The molecule has 1 unspecified atom stereocenters. The second-order valence-electron chi connectivity index (χ2n) is 3.56. The first-order valence-electron chi connectivity index (χ1n) is 4.53. The third-order valence-electron chi connectivity index (χ3n) is 2.21.